The molecule has 0 saturated carbocycles. The Kier molecular flexibility index (Phi) is 4.77. The van der Waals surface area contributed by atoms with Crippen LogP contribution in [-0.4, -0.2) is 47.9 Å². The molecule has 0 aliphatic carbocycles. The molecule has 1 aromatic carbocycles. The molecule has 1 heterocycles. The van der Waals surface area contributed by atoms with E-state index in [2.05, 4.69) is 33.6 Å². The van der Waals surface area contributed by atoms with E-state index in [0.29, 0.717) is 13.1 Å². The van der Waals surface area contributed by atoms with Crippen LogP contribution in [0.5, 0.6) is 0 Å². The quantitative estimate of drug-likeness (QED) is 0.749. The first kappa shape index (κ1) is 14.3. The summed E-state index contributed by atoms with van der Waals surface area (Å²) in [5, 5.41) is 8.90. The largest absolute Gasteiger partial charge is 0.336 e. The van der Waals surface area contributed by atoms with Crippen LogP contribution in [0.25, 0.3) is 0 Å². The number of benzene rings is 1. The van der Waals surface area contributed by atoms with Crippen LogP contribution < -0.4 is 0 Å². The van der Waals surface area contributed by atoms with E-state index in [0.717, 1.165) is 22.2 Å². The molecule has 100 valence electrons. The molecule has 0 N–H and O–H groups in total. The summed E-state index contributed by atoms with van der Waals surface area (Å²) in [7, 11) is 0. The molecule has 0 spiro atoms. The summed E-state index contributed by atoms with van der Waals surface area (Å²) in [6.07, 6.45) is 0. The Hall–Kier alpha value is -1.13. The highest BCUT2D eigenvalue weighted by Gasteiger charge is 2.25. The van der Waals surface area contributed by atoms with Crippen LogP contribution in [0, 0.1) is 14.9 Å². The minimum Gasteiger partial charge on any atom is -0.336 e. The van der Waals surface area contributed by atoms with E-state index in [1.165, 1.54) is 0 Å². The number of rotatable bonds is 2. The number of carbonyl (C=O) groups excluding carboxylic acids is 1. The van der Waals surface area contributed by atoms with Crippen molar-refractivity contribution in [2.75, 3.05) is 26.2 Å². The monoisotopic (exact) mass is 369 g/mol. The number of nitrogens with zero attached hydrogens (tertiary/aromatic N) is 3. The van der Waals surface area contributed by atoms with Crippen LogP contribution in [0.1, 0.15) is 17.3 Å². The summed E-state index contributed by atoms with van der Waals surface area (Å²) in [6.45, 7) is 4.82. The van der Waals surface area contributed by atoms with Gasteiger partial charge in [0.1, 0.15) is 0 Å². The van der Waals surface area contributed by atoms with Crippen LogP contribution in [0.3, 0.4) is 0 Å². The van der Waals surface area contributed by atoms with Gasteiger partial charge in [-0.2, -0.15) is 5.26 Å². The molecule has 19 heavy (non-hydrogen) atoms. The molecule has 2 rings (SSSR count). The fourth-order valence-electron chi connectivity index (χ4n) is 2.20. The minimum absolute atomic E-state index is 0.0749. The third-order valence-electron chi connectivity index (χ3n) is 3.44. The van der Waals surface area contributed by atoms with Crippen molar-refractivity contribution in [2.45, 2.75) is 13.0 Å². The summed E-state index contributed by atoms with van der Waals surface area (Å²) in [4.78, 5) is 16.4. The number of carbonyl (C=O) groups is 1. The number of nitriles is 1. The summed E-state index contributed by atoms with van der Waals surface area (Å²) in [5.41, 5.74) is 0.768. The highest BCUT2D eigenvalue weighted by molar-refractivity contribution is 14.1. The van der Waals surface area contributed by atoms with Crippen LogP contribution >= 0.6 is 22.6 Å². The fraction of sp³-hybridized carbons (Fsp3) is 0.429. The maximum atomic E-state index is 12.4. The summed E-state index contributed by atoms with van der Waals surface area (Å²) in [6, 6.07) is 9.81. The lowest BCUT2D eigenvalue weighted by atomic mass is 10.1. The molecule has 1 aromatic rings. The zero-order valence-electron chi connectivity index (χ0n) is 10.8. The average Bonchev–Trinajstić information content (AvgIpc) is 2.46. The Bertz CT molecular complexity index is 504. The first-order valence-electron chi connectivity index (χ1n) is 6.31. The minimum atomic E-state index is -0.0749. The van der Waals surface area contributed by atoms with Crippen LogP contribution in [0.2, 0.25) is 0 Å². The lowest BCUT2D eigenvalue weighted by Gasteiger charge is -2.36. The molecule has 5 heteroatoms. The van der Waals surface area contributed by atoms with Gasteiger partial charge >= 0.3 is 0 Å². The Morgan fingerprint density at radius 3 is 2.53 bits per heavy atom. The van der Waals surface area contributed by atoms with Crippen molar-refractivity contribution in [3.05, 3.63) is 33.4 Å². The summed E-state index contributed by atoms with van der Waals surface area (Å²) >= 11 is 2.19. The predicted molar refractivity (Wildman–Crippen MR) is 81.7 cm³/mol. The van der Waals surface area contributed by atoms with E-state index in [1.807, 2.05) is 36.1 Å². The van der Waals surface area contributed by atoms with Crippen molar-refractivity contribution in [2.24, 2.45) is 0 Å². The second-order valence-electron chi connectivity index (χ2n) is 4.61. The van der Waals surface area contributed by atoms with Crippen molar-refractivity contribution in [1.29, 1.82) is 5.26 Å². The van der Waals surface area contributed by atoms with E-state index >= 15 is 0 Å². The van der Waals surface area contributed by atoms with E-state index in [9.17, 15) is 4.79 Å². The molecule has 1 saturated heterocycles. The Balaban J connectivity index is 2.01. The molecule has 0 radical (unpaired) electrons. The first-order chi connectivity index (χ1) is 9.13. The van der Waals surface area contributed by atoms with E-state index in [1.54, 1.807) is 0 Å². The zero-order valence-corrected chi connectivity index (χ0v) is 13.0. The maximum absolute atomic E-state index is 12.4. The summed E-state index contributed by atoms with van der Waals surface area (Å²) in [5.74, 6) is 0.0919. The molecular formula is C14H16IN3O. The van der Waals surface area contributed by atoms with Crippen molar-refractivity contribution < 1.29 is 4.79 Å². The van der Waals surface area contributed by atoms with Crippen LogP contribution in [0.4, 0.5) is 0 Å². The molecule has 1 atom stereocenters. The van der Waals surface area contributed by atoms with E-state index in [-0.39, 0.29) is 11.9 Å². The first-order valence-corrected chi connectivity index (χ1v) is 7.39. The number of hydrogen-bond donors (Lipinski definition) is 0. The molecule has 1 aliphatic rings. The lowest BCUT2D eigenvalue weighted by molar-refractivity contribution is 0.0614. The number of hydrogen-bond acceptors (Lipinski definition) is 3. The van der Waals surface area contributed by atoms with Gasteiger partial charge in [0.15, 0.2) is 0 Å². The topological polar surface area (TPSA) is 47.3 Å². The second-order valence-corrected chi connectivity index (χ2v) is 5.78. The lowest BCUT2D eigenvalue weighted by Crippen LogP contribution is -2.51. The third kappa shape index (κ3) is 3.25. The average molecular weight is 369 g/mol. The molecule has 1 amide bonds. The van der Waals surface area contributed by atoms with Crippen molar-refractivity contribution in [3.8, 4) is 6.07 Å². The Morgan fingerprint density at radius 1 is 1.32 bits per heavy atom. The SMILES string of the molecule is CC(C#N)N1CCN(C(=O)c2ccccc2I)CC1. The van der Waals surface area contributed by atoms with E-state index < -0.39 is 0 Å². The van der Waals surface area contributed by atoms with Gasteiger partial charge in [0.2, 0.25) is 0 Å². The normalized spacial score (nSPS) is 17.8. The van der Waals surface area contributed by atoms with Gasteiger partial charge in [-0.1, -0.05) is 12.1 Å². The van der Waals surface area contributed by atoms with Gasteiger partial charge in [0.05, 0.1) is 17.7 Å². The van der Waals surface area contributed by atoms with E-state index in [4.69, 9.17) is 5.26 Å². The summed E-state index contributed by atoms with van der Waals surface area (Å²) < 4.78 is 0.984. The van der Waals surface area contributed by atoms with Crippen molar-refractivity contribution >= 4 is 28.5 Å². The number of amides is 1. The van der Waals surface area contributed by atoms with Crippen molar-refractivity contribution in [3.63, 3.8) is 0 Å². The zero-order chi connectivity index (χ0) is 13.8. The number of piperazine rings is 1. The van der Waals surface area contributed by atoms with Gasteiger partial charge in [-0.05, 0) is 41.6 Å². The van der Waals surface area contributed by atoms with Crippen LogP contribution in [0.15, 0.2) is 24.3 Å². The van der Waals surface area contributed by atoms with Gasteiger partial charge in [0.25, 0.3) is 5.91 Å². The predicted octanol–water partition coefficient (Wildman–Crippen LogP) is 1.96. The Morgan fingerprint density at radius 2 is 1.95 bits per heavy atom. The molecule has 0 aromatic heterocycles. The standard InChI is InChI=1S/C14H16IN3O/c1-11(10-16)17-6-8-18(9-7-17)14(19)12-4-2-3-5-13(12)15/h2-5,11H,6-9H2,1H3. The third-order valence-corrected chi connectivity index (χ3v) is 4.38. The molecule has 1 aliphatic heterocycles. The van der Waals surface area contributed by atoms with Gasteiger partial charge in [-0.15, -0.1) is 0 Å². The Labute approximate surface area is 127 Å². The number of halogens is 1. The van der Waals surface area contributed by atoms with Gasteiger partial charge in [0, 0.05) is 29.7 Å². The van der Waals surface area contributed by atoms with Gasteiger partial charge < -0.3 is 4.90 Å². The van der Waals surface area contributed by atoms with Crippen LogP contribution in [-0.2, 0) is 0 Å². The molecular weight excluding hydrogens is 353 g/mol. The smallest absolute Gasteiger partial charge is 0.255 e. The van der Waals surface area contributed by atoms with Gasteiger partial charge in [-0.25, -0.2) is 0 Å². The van der Waals surface area contributed by atoms with Gasteiger partial charge in [-0.3, -0.25) is 9.69 Å². The fourth-order valence-corrected chi connectivity index (χ4v) is 2.82. The van der Waals surface area contributed by atoms with Crippen molar-refractivity contribution in [1.82, 2.24) is 9.80 Å². The highest BCUT2D eigenvalue weighted by Crippen LogP contribution is 2.15. The molecule has 0 bridgehead atoms. The molecule has 1 unspecified atom stereocenters. The highest BCUT2D eigenvalue weighted by atomic mass is 127. The molecule has 1 fully saturated rings. The molecule has 4 nitrogen and oxygen atoms in total. The maximum Gasteiger partial charge on any atom is 0.255 e. The second kappa shape index (κ2) is 6.35.